The molecule has 0 bridgehead atoms. The quantitative estimate of drug-likeness (QED) is 0.599. The van der Waals surface area contributed by atoms with Gasteiger partial charge in [0.15, 0.2) is 0 Å². The SMILES string of the molecule is C#CCSc1ccc2c(SCC#C)cccc2c1. The monoisotopic (exact) mass is 268 g/mol. The number of thioether (sulfide) groups is 2. The van der Waals surface area contributed by atoms with Gasteiger partial charge in [-0.15, -0.1) is 36.4 Å². The normalized spacial score (nSPS) is 9.89. The van der Waals surface area contributed by atoms with Crippen molar-refractivity contribution in [2.24, 2.45) is 0 Å². The van der Waals surface area contributed by atoms with Gasteiger partial charge in [-0.05, 0) is 29.0 Å². The topological polar surface area (TPSA) is 0 Å². The summed E-state index contributed by atoms with van der Waals surface area (Å²) < 4.78 is 0. The van der Waals surface area contributed by atoms with Crippen LogP contribution in [0.15, 0.2) is 46.2 Å². The van der Waals surface area contributed by atoms with Gasteiger partial charge in [-0.2, -0.15) is 0 Å². The van der Waals surface area contributed by atoms with Crippen molar-refractivity contribution in [3.8, 4) is 24.7 Å². The molecule has 0 nitrogen and oxygen atoms in total. The van der Waals surface area contributed by atoms with E-state index in [0.717, 1.165) is 0 Å². The summed E-state index contributed by atoms with van der Waals surface area (Å²) in [6.45, 7) is 0. The van der Waals surface area contributed by atoms with Gasteiger partial charge in [0, 0.05) is 9.79 Å². The van der Waals surface area contributed by atoms with Crippen LogP contribution in [0.1, 0.15) is 0 Å². The Morgan fingerprint density at radius 3 is 2.50 bits per heavy atom. The Bertz CT molecular complexity index is 630. The van der Waals surface area contributed by atoms with Gasteiger partial charge in [-0.1, -0.05) is 30.0 Å². The first-order valence-electron chi connectivity index (χ1n) is 5.50. The molecular formula is C16H12S2. The van der Waals surface area contributed by atoms with Gasteiger partial charge in [-0.3, -0.25) is 0 Å². The second-order valence-electron chi connectivity index (χ2n) is 3.62. The molecule has 0 fully saturated rings. The molecule has 0 aliphatic rings. The first-order valence-corrected chi connectivity index (χ1v) is 7.47. The van der Waals surface area contributed by atoms with Gasteiger partial charge >= 0.3 is 0 Å². The predicted octanol–water partition coefficient (Wildman–Crippen LogP) is 4.29. The average Bonchev–Trinajstić information content (AvgIpc) is 2.42. The number of rotatable bonds is 4. The molecule has 2 heteroatoms. The third kappa shape index (κ3) is 3.05. The summed E-state index contributed by atoms with van der Waals surface area (Å²) in [7, 11) is 0. The van der Waals surface area contributed by atoms with E-state index in [1.165, 1.54) is 20.6 Å². The van der Waals surface area contributed by atoms with Crippen LogP contribution in [0.5, 0.6) is 0 Å². The lowest BCUT2D eigenvalue weighted by atomic mass is 10.1. The molecule has 0 unspecified atom stereocenters. The van der Waals surface area contributed by atoms with E-state index >= 15 is 0 Å². The predicted molar refractivity (Wildman–Crippen MR) is 83.1 cm³/mol. The Hall–Kier alpha value is -1.48. The van der Waals surface area contributed by atoms with E-state index in [4.69, 9.17) is 12.8 Å². The van der Waals surface area contributed by atoms with Crippen LogP contribution in [0.4, 0.5) is 0 Å². The van der Waals surface area contributed by atoms with Crippen molar-refractivity contribution in [1.82, 2.24) is 0 Å². The fourth-order valence-corrected chi connectivity index (χ4v) is 3.07. The van der Waals surface area contributed by atoms with Gasteiger partial charge in [0.25, 0.3) is 0 Å². The molecule has 0 atom stereocenters. The first-order chi connectivity index (χ1) is 8.85. The minimum Gasteiger partial charge on any atom is -0.119 e. The minimum atomic E-state index is 0.701. The Morgan fingerprint density at radius 1 is 0.944 bits per heavy atom. The second kappa shape index (κ2) is 6.45. The van der Waals surface area contributed by atoms with Crippen LogP contribution >= 0.6 is 23.5 Å². The third-order valence-corrected chi connectivity index (χ3v) is 4.32. The zero-order valence-corrected chi connectivity index (χ0v) is 11.5. The molecule has 0 heterocycles. The first kappa shape index (κ1) is 13.0. The number of benzene rings is 2. The molecule has 0 radical (unpaired) electrons. The summed E-state index contributed by atoms with van der Waals surface area (Å²) in [4.78, 5) is 2.44. The zero-order valence-electron chi connectivity index (χ0n) is 9.85. The number of fused-ring (bicyclic) bond motifs is 1. The van der Waals surface area contributed by atoms with Crippen molar-refractivity contribution in [3.05, 3.63) is 36.4 Å². The lowest BCUT2D eigenvalue weighted by Gasteiger charge is -2.06. The molecule has 0 aromatic heterocycles. The van der Waals surface area contributed by atoms with E-state index in [-0.39, 0.29) is 0 Å². The smallest absolute Gasteiger partial charge is 0.0592 e. The van der Waals surface area contributed by atoms with Crippen molar-refractivity contribution < 1.29 is 0 Å². The molecule has 0 saturated heterocycles. The van der Waals surface area contributed by atoms with Gasteiger partial charge in [0.2, 0.25) is 0 Å². The summed E-state index contributed by atoms with van der Waals surface area (Å²) in [5.41, 5.74) is 0. The summed E-state index contributed by atoms with van der Waals surface area (Å²) in [5, 5.41) is 2.49. The van der Waals surface area contributed by atoms with Gasteiger partial charge < -0.3 is 0 Å². The number of terminal acetylenes is 2. The van der Waals surface area contributed by atoms with E-state index in [2.05, 4.69) is 48.2 Å². The van der Waals surface area contributed by atoms with Crippen LogP contribution in [-0.4, -0.2) is 11.5 Å². The molecule has 0 amide bonds. The highest BCUT2D eigenvalue weighted by Crippen LogP contribution is 2.30. The molecule has 0 aliphatic carbocycles. The minimum absolute atomic E-state index is 0.701. The fourth-order valence-electron chi connectivity index (χ4n) is 1.69. The molecule has 88 valence electrons. The third-order valence-electron chi connectivity index (χ3n) is 2.45. The highest BCUT2D eigenvalue weighted by Gasteiger charge is 2.02. The standard InChI is InChI=1S/C16H12S2/c1-3-10-17-14-8-9-15-13(12-14)6-5-7-16(15)18-11-4-2/h1-2,5-9,12H,10-11H2. The van der Waals surface area contributed by atoms with Crippen LogP contribution in [0.2, 0.25) is 0 Å². The lowest BCUT2D eigenvalue weighted by Crippen LogP contribution is -1.81. The van der Waals surface area contributed by atoms with Gasteiger partial charge in [0.1, 0.15) is 0 Å². The molecule has 0 spiro atoms. The molecule has 0 aliphatic heterocycles. The summed E-state index contributed by atoms with van der Waals surface area (Å²) >= 11 is 3.38. The maximum atomic E-state index is 5.31. The molecule has 0 N–H and O–H groups in total. The Morgan fingerprint density at radius 2 is 1.72 bits per heavy atom. The van der Waals surface area contributed by atoms with Crippen molar-refractivity contribution in [3.63, 3.8) is 0 Å². The van der Waals surface area contributed by atoms with Crippen LogP contribution in [0.3, 0.4) is 0 Å². The largest absolute Gasteiger partial charge is 0.119 e. The van der Waals surface area contributed by atoms with Gasteiger partial charge in [-0.25, -0.2) is 0 Å². The van der Waals surface area contributed by atoms with Gasteiger partial charge in [0.05, 0.1) is 11.5 Å². The zero-order chi connectivity index (χ0) is 12.8. The Labute approximate surface area is 117 Å². The summed E-state index contributed by atoms with van der Waals surface area (Å²) in [6.07, 6.45) is 10.6. The van der Waals surface area contributed by atoms with Crippen LogP contribution in [-0.2, 0) is 0 Å². The fraction of sp³-hybridized carbons (Fsp3) is 0.125. The number of hydrogen-bond acceptors (Lipinski definition) is 2. The second-order valence-corrected chi connectivity index (χ2v) is 5.69. The van der Waals surface area contributed by atoms with Crippen LogP contribution in [0.25, 0.3) is 10.8 Å². The maximum absolute atomic E-state index is 5.31. The number of hydrogen-bond donors (Lipinski definition) is 0. The van der Waals surface area contributed by atoms with E-state index in [0.29, 0.717) is 11.5 Å². The summed E-state index contributed by atoms with van der Waals surface area (Å²) in [5.74, 6) is 6.70. The Kier molecular flexibility index (Phi) is 4.65. The highest BCUT2D eigenvalue weighted by molar-refractivity contribution is 8.00. The van der Waals surface area contributed by atoms with Crippen molar-refractivity contribution >= 4 is 34.3 Å². The van der Waals surface area contributed by atoms with Crippen LogP contribution < -0.4 is 0 Å². The van der Waals surface area contributed by atoms with Crippen molar-refractivity contribution in [1.29, 1.82) is 0 Å². The summed E-state index contributed by atoms with van der Waals surface area (Å²) in [6, 6.07) is 12.7. The Balaban J connectivity index is 2.35. The average molecular weight is 268 g/mol. The molecule has 0 saturated carbocycles. The molecule has 2 aromatic carbocycles. The lowest BCUT2D eigenvalue weighted by molar-refractivity contribution is 1.46. The van der Waals surface area contributed by atoms with E-state index in [9.17, 15) is 0 Å². The van der Waals surface area contributed by atoms with E-state index in [1.807, 2.05) is 0 Å². The molecular weight excluding hydrogens is 256 g/mol. The van der Waals surface area contributed by atoms with Crippen LogP contribution in [0, 0.1) is 24.7 Å². The highest BCUT2D eigenvalue weighted by atomic mass is 32.2. The molecule has 2 aromatic rings. The van der Waals surface area contributed by atoms with Crippen molar-refractivity contribution in [2.75, 3.05) is 11.5 Å². The maximum Gasteiger partial charge on any atom is 0.0592 e. The van der Waals surface area contributed by atoms with E-state index in [1.54, 1.807) is 23.5 Å². The van der Waals surface area contributed by atoms with E-state index < -0.39 is 0 Å². The van der Waals surface area contributed by atoms with Crippen molar-refractivity contribution in [2.45, 2.75) is 9.79 Å². The molecule has 2 rings (SSSR count). The molecule has 18 heavy (non-hydrogen) atoms.